The van der Waals surface area contributed by atoms with Crippen molar-refractivity contribution in [1.29, 1.82) is 0 Å². The van der Waals surface area contributed by atoms with Crippen molar-refractivity contribution in [1.82, 2.24) is 19.4 Å². The third kappa shape index (κ3) is 7.64. The van der Waals surface area contributed by atoms with E-state index in [9.17, 15) is 0 Å². The molecule has 200 valence electrons. The quantitative estimate of drug-likeness (QED) is 0.232. The zero-order chi connectivity index (χ0) is 26.2. The topological polar surface area (TPSA) is 23.8 Å². The number of pyridine rings is 1. The Bertz CT molecular complexity index is 1120. The highest BCUT2D eigenvalue weighted by atomic mass is 32.1. The first kappa shape index (κ1) is 27.8. The number of fused-ring (bicyclic) bond motifs is 1. The third-order valence-electron chi connectivity index (χ3n) is 7.62. The Morgan fingerprint density at radius 1 is 0.946 bits per heavy atom. The Kier molecular flexibility index (Phi) is 10.2. The van der Waals surface area contributed by atoms with Crippen LogP contribution in [0.4, 0.5) is 0 Å². The lowest BCUT2D eigenvalue weighted by atomic mass is 10.0. The largest absolute Gasteiger partial charge is 0.362 e. The van der Waals surface area contributed by atoms with E-state index >= 15 is 0 Å². The molecule has 3 heterocycles. The summed E-state index contributed by atoms with van der Waals surface area (Å²) in [5, 5.41) is 5.06. The first-order chi connectivity index (χ1) is 17.9. The lowest BCUT2D eigenvalue weighted by molar-refractivity contribution is 0.226. The smallest absolute Gasteiger partial charge is 0.109 e. The van der Waals surface area contributed by atoms with Gasteiger partial charge in [0.15, 0.2) is 0 Å². The van der Waals surface area contributed by atoms with Crippen LogP contribution >= 0.6 is 12.2 Å². The third-order valence-corrected chi connectivity index (χ3v) is 8.11. The highest BCUT2D eigenvalue weighted by Crippen LogP contribution is 2.29. The Labute approximate surface area is 230 Å². The van der Waals surface area contributed by atoms with Crippen molar-refractivity contribution in [3.8, 4) is 11.3 Å². The second-order valence-electron chi connectivity index (χ2n) is 11.6. The highest BCUT2D eigenvalue weighted by molar-refractivity contribution is 7.80. The standard InChI is InChI=1S/C32H46N4S/c1-25(2)15-21-35(22-16-26(3)4)32(37)28-17-23-36-30(24-28)29(14-11-20-34-18-9-6-10-19-34)31(33-36)27-12-7-5-8-13-27/h5,7-8,12-13,17,23-26H,6,9-11,14-16,18-22H2,1-4H3. The number of nitrogens with zero attached hydrogens (tertiary/aromatic N) is 4. The van der Waals surface area contributed by atoms with Crippen molar-refractivity contribution in [2.75, 3.05) is 32.7 Å². The summed E-state index contributed by atoms with van der Waals surface area (Å²) in [6, 6.07) is 15.1. The molecule has 1 saturated heterocycles. The number of aromatic nitrogens is 2. The van der Waals surface area contributed by atoms with Gasteiger partial charge in [0.25, 0.3) is 0 Å². The highest BCUT2D eigenvalue weighted by Gasteiger charge is 2.19. The Balaban J connectivity index is 1.62. The van der Waals surface area contributed by atoms with Crippen LogP contribution in [0.25, 0.3) is 16.8 Å². The van der Waals surface area contributed by atoms with Gasteiger partial charge in [0.1, 0.15) is 4.99 Å². The van der Waals surface area contributed by atoms with E-state index in [4.69, 9.17) is 17.3 Å². The molecule has 0 radical (unpaired) electrons. The fourth-order valence-corrected chi connectivity index (χ4v) is 5.60. The Morgan fingerprint density at radius 3 is 2.27 bits per heavy atom. The predicted octanol–water partition coefficient (Wildman–Crippen LogP) is 7.49. The van der Waals surface area contributed by atoms with Crippen molar-refractivity contribution in [2.24, 2.45) is 11.8 Å². The zero-order valence-corrected chi connectivity index (χ0v) is 24.3. The number of hydrogen-bond acceptors (Lipinski definition) is 3. The summed E-state index contributed by atoms with van der Waals surface area (Å²) in [4.78, 5) is 6.05. The van der Waals surface area contributed by atoms with Gasteiger partial charge in [-0.1, -0.05) is 76.7 Å². The summed E-state index contributed by atoms with van der Waals surface area (Å²) in [6.07, 6.45) is 10.7. The van der Waals surface area contributed by atoms with Crippen LogP contribution in [0.3, 0.4) is 0 Å². The first-order valence-corrected chi connectivity index (χ1v) is 14.9. The lowest BCUT2D eigenvalue weighted by Gasteiger charge is -2.27. The molecule has 0 amide bonds. The maximum absolute atomic E-state index is 6.11. The number of thiocarbonyl (C=S) groups is 1. The van der Waals surface area contributed by atoms with Gasteiger partial charge in [-0.25, -0.2) is 4.52 Å². The summed E-state index contributed by atoms with van der Waals surface area (Å²) in [5.41, 5.74) is 6.00. The van der Waals surface area contributed by atoms with Crippen molar-refractivity contribution in [3.63, 3.8) is 0 Å². The maximum Gasteiger partial charge on any atom is 0.109 e. The van der Waals surface area contributed by atoms with Crippen molar-refractivity contribution in [2.45, 2.75) is 72.6 Å². The number of likely N-dealkylation sites (tertiary alicyclic amines) is 1. The van der Waals surface area contributed by atoms with Gasteiger partial charge in [-0.2, -0.15) is 5.10 Å². The molecule has 0 spiro atoms. The van der Waals surface area contributed by atoms with E-state index in [1.807, 2.05) is 0 Å². The Hall–Kier alpha value is -2.24. The van der Waals surface area contributed by atoms with E-state index in [0.29, 0.717) is 11.8 Å². The SMILES string of the molecule is CC(C)CCN(CCC(C)C)C(=S)c1ccn2nc(-c3ccccc3)c(CCCN3CCCCC3)c2c1. The average molecular weight is 519 g/mol. The fraction of sp³-hybridized carbons (Fsp3) is 0.562. The van der Waals surface area contributed by atoms with Crippen LogP contribution in [0.2, 0.25) is 0 Å². The molecule has 3 aromatic rings. The molecule has 1 aromatic carbocycles. The summed E-state index contributed by atoms with van der Waals surface area (Å²) >= 11 is 6.11. The molecule has 0 atom stereocenters. The van der Waals surface area contributed by atoms with Gasteiger partial charge in [-0.05, 0) is 82.1 Å². The fourth-order valence-electron chi connectivity index (χ4n) is 5.29. The molecule has 1 fully saturated rings. The average Bonchev–Trinajstić information content (AvgIpc) is 3.27. The number of piperidine rings is 1. The maximum atomic E-state index is 6.11. The zero-order valence-electron chi connectivity index (χ0n) is 23.5. The van der Waals surface area contributed by atoms with E-state index in [2.05, 4.69) is 90.7 Å². The molecule has 0 N–H and O–H groups in total. The molecule has 1 aliphatic rings. The molecular weight excluding hydrogens is 472 g/mol. The van der Waals surface area contributed by atoms with Crippen molar-refractivity contribution >= 4 is 22.7 Å². The van der Waals surface area contributed by atoms with E-state index in [1.165, 1.54) is 55.5 Å². The van der Waals surface area contributed by atoms with Gasteiger partial charge in [0, 0.05) is 36.0 Å². The Morgan fingerprint density at radius 2 is 1.62 bits per heavy atom. The van der Waals surface area contributed by atoms with Crippen LogP contribution in [0.5, 0.6) is 0 Å². The molecule has 4 rings (SSSR count). The van der Waals surface area contributed by atoms with E-state index < -0.39 is 0 Å². The minimum atomic E-state index is 0.668. The number of hydrogen-bond donors (Lipinski definition) is 0. The molecular formula is C32H46N4S. The molecule has 5 heteroatoms. The van der Waals surface area contributed by atoms with Gasteiger partial charge in [-0.3, -0.25) is 0 Å². The second-order valence-corrected chi connectivity index (χ2v) is 12.0. The molecule has 0 bridgehead atoms. The molecule has 0 saturated carbocycles. The summed E-state index contributed by atoms with van der Waals surface area (Å²) in [6.45, 7) is 14.9. The van der Waals surface area contributed by atoms with Crippen molar-refractivity contribution in [3.05, 3.63) is 59.8 Å². The monoisotopic (exact) mass is 518 g/mol. The van der Waals surface area contributed by atoms with E-state index in [0.717, 1.165) is 55.0 Å². The molecule has 0 unspecified atom stereocenters. The minimum absolute atomic E-state index is 0.668. The summed E-state index contributed by atoms with van der Waals surface area (Å²) < 4.78 is 2.07. The number of benzene rings is 1. The lowest BCUT2D eigenvalue weighted by Crippen LogP contribution is -2.33. The summed E-state index contributed by atoms with van der Waals surface area (Å²) in [7, 11) is 0. The molecule has 37 heavy (non-hydrogen) atoms. The predicted molar refractivity (Wildman–Crippen MR) is 161 cm³/mol. The van der Waals surface area contributed by atoms with Crippen molar-refractivity contribution < 1.29 is 0 Å². The molecule has 0 aliphatic carbocycles. The second kappa shape index (κ2) is 13.5. The van der Waals surface area contributed by atoms with Crippen LogP contribution < -0.4 is 0 Å². The van der Waals surface area contributed by atoms with Crippen LogP contribution in [0, 0.1) is 11.8 Å². The van der Waals surface area contributed by atoms with Crippen LogP contribution in [0.1, 0.15) is 77.3 Å². The number of aryl methyl sites for hydroxylation is 1. The first-order valence-electron chi connectivity index (χ1n) is 14.5. The van der Waals surface area contributed by atoms with Gasteiger partial charge in [-0.15, -0.1) is 0 Å². The van der Waals surface area contributed by atoms with Crippen LogP contribution in [-0.2, 0) is 6.42 Å². The van der Waals surface area contributed by atoms with E-state index in [-0.39, 0.29) is 0 Å². The minimum Gasteiger partial charge on any atom is -0.362 e. The van der Waals surface area contributed by atoms with Gasteiger partial charge < -0.3 is 9.80 Å². The molecule has 4 nitrogen and oxygen atoms in total. The normalized spacial score (nSPS) is 14.6. The van der Waals surface area contributed by atoms with Crippen LogP contribution in [0.15, 0.2) is 48.7 Å². The van der Waals surface area contributed by atoms with Gasteiger partial charge in [0.05, 0.1) is 11.2 Å². The summed E-state index contributed by atoms with van der Waals surface area (Å²) in [5.74, 6) is 1.34. The molecule has 2 aromatic heterocycles. The molecule has 1 aliphatic heterocycles. The number of rotatable bonds is 12. The van der Waals surface area contributed by atoms with Gasteiger partial charge >= 0.3 is 0 Å². The van der Waals surface area contributed by atoms with Gasteiger partial charge in [0.2, 0.25) is 0 Å². The van der Waals surface area contributed by atoms with Crippen LogP contribution in [-0.4, -0.2) is 57.1 Å². The van der Waals surface area contributed by atoms with E-state index in [1.54, 1.807) is 0 Å².